The number of nitro benzene ring substituents is 2. The zero-order valence-corrected chi connectivity index (χ0v) is 18.7. The van der Waals surface area contributed by atoms with Crippen molar-refractivity contribution in [3.05, 3.63) is 104 Å². The van der Waals surface area contributed by atoms with Gasteiger partial charge >= 0.3 is 0 Å². The number of nitrogens with one attached hydrogen (secondary N) is 2. The lowest BCUT2D eigenvalue weighted by molar-refractivity contribution is -0.385. The maximum absolute atomic E-state index is 13.0. The van der Waals surface area contributed by atoms with Gasteiger partial charge in [-0.15, -0.1) is 0 Å². The van der Waals surface area contributed by atoms with E-state index in [1.54, 1.807) is 30.3 Å². The van der Waals surface area contributed by atoms with E-state index in [-0.39, 0.29) is 22.1 Å². The Morgan fingerprint density at radius 1 is 0.912 bits per heavy atom. The molecule has 0 heterocycles. The molecule has 0 aliphatic rings. The average Bonchev–Trinajstić information content (AvgIpc) is 2.80. The van der Waals surface area contributed by atoms with Crippen LogP contribution in [0.25, 0.3) is 6.08 Å². The predicted octanol–water partition coefficient (Wildman–Crippen LogP) is 5.07. The van der Waals surface area contributed by atoms with Crippen molar-refractivity contribution in [3.8, 4) is 0 Å². The summed E-state index contributed by atoms with van der Waals surface area (Å²) in [4.78, 5) is 20.6. The van der Waals surface area contributed by atoms with Gasteiger partial charge in [-0.3, -0.25) is 30.4 Å². The van der Waals surface area contributed by atoms with Crippen LogP contribution in [0.15, 0.2) is 82.8 Å². The molecule has 174 valence electrons. The molecule has 34 heavy (non-hydrogen) atoms. The Bertz CT molecular complexity index is 1410. The van der Waals surface area contributed by atoms with Gasteiger partial charge in [-0.2, -0.15) is 5.10 Å². The second-order valence-corrected chi connectivity index (χ2v) is 8.65. The number of allylic oxidation sites excluding steroid dienone is 1. The number of rotatable bonds is 9. The Balaban J connectivity index is 1.87. The van der Waals surface area contributed by atoms with Crippen LogP contribution in [0.3, 0.4) is 0 Å². The number of hydrogen-bond donors (Lipinski definition) is 2. The van der Waals surface area contributed by atoms with Crippen molar-refractivity contribution in [1.82, 2.24) is 0 Å². The van der Waals surface area contributed by atoms with Crippen molar-refractivity contribution in [2.45, 2.75) is 4.90 Å². The molecule has 0 bridgehead atoms. The van der Waals surface area contributed by atoms with Crippen molar-refractivity contribution in [2.24, 2.45) is 5.10 Å². The van der Waals surface area contributed by atoms with E-state index in [1.807, 2.05) is 0 Å². The molecule has 0 fully saturated rings. The first kappa shape index (κ1) is 24.4. The summed E-state index contributed by atoms with van der Waals surface area (Å²) in [5, 5.41) is 26.3. The number of non-ortho nitro benzene ring substituents is 1. The SMILES string of the molecule is O=[N+]([O-])c1ccc(N/N=C\C=C\c2ccccc2[N+](=O)[O-])c(S(=O)(=O)Nc2ccccc2Cl)c1. The highest BCUT2D eigenvalue weighted by Crippen LogP contribution is 2.30. The highest BCUT2D eigenvalue weighted by atomic mass is 35.5. The molecular formula is C21H16ClN5O6S. The molecule has 0 atom stereocenters. The van der Waals surface area contributed by atoms with Crippen LogP contribution in [0.5, 0.6) is 0 Å². The number of sulfonamides is 1. The van der Waals surface area contributed by atoms with Gasteiger partial charge < -0.3 is 0 Å². The molecule has 0 saturated carbocycles. The van der Waals surface area contributed by atoms with E-state index < -0.39 is 30.5 Å². The Hall–Kier alpha value is -4.29. The zero-order chi connectivity index (χ0) is 24.7. The Morgan fingerprint density at radius 2 is 1.62 bits per heavy atom. The maximum atomic E-state index is 13.0. The van der Waals surface area contributed by atoms with E-state index >= 15 is 0 Å². The van der Waals surface area contributed by atoms with Crippen LogP contribution < -0.4 is 10.1 Å². The number of anilines is 2. The molecule has 13 heteroatoms. The van der Waals surface area contributed by atoms with Crippen molar-refractivity contribution in [3.63, 3.8) is 0 Å². The fourth-order valence-electron chi connectivity index (χ4n) is 2.77. The lowest BCUT2D eigenvalue weighted by Gasteiger charge is -2.12. The van der Waals surface area contributed by atoms with Crippen LogP contribution in [0, 0.1) is 20.2 Å². The molecule has 0 spiro atoms. The van der Waals surface area contributed by atoms with E-state index in [1.165, 1.54) is 42.6 Å². The van der Waals surface area contributed by atoms with Crippen LogP contribution >= 0.6 is 11.6 Å². The number of halogens is 1. The number of nitrogens with zero attached hydrogens (tertiary/aromatic N) is 3. The molecule has 0 unspecified atom stereocenters. The molecule has 0 aliphatic heterocycles. The van der Waals surface area contributed by atoms with Gasteiger partial charge in [0.1, 0.15) is 4.90 Å². The average molecular weight is 502 g/mol. The standard InChI is InChI=1S/C21H16ClN5O6S/c22-17-8-2-3-9-18(17)25-34(32,33)21-14-16(26(28)29)11-12-19(21)24-23-13-5-7-15-6-1-4-10-20(15)27(30)31/h1-14,24-25H/b7-5+,23-13-. The number of para-hydroxylation sites is 2. The first-order valence-electron chi connectivity index (χ1n) is 9.44. The Kier molecular flexibility index (Phi) is 7.56. The molecule has 3 rings (SSSR count). The van der Waals surface area contributed by atoms with Crippen LogP contribution in [-0.2, 0) is 10.0 Å². The van der Waals surface area contributed by atoms with Gasteiger partial charge in [0, 0.05) is 24.4 Å². The minimum Gasteiger partial charge on any atom is -0.278 e. The third kappa shape index (κ3) is 5.94. The topological polar surface area (TPSA) is 157 Å². The lowest BCUT2D eigenvalue weighted by Crippen LogP contribution is -2.15. The summed E-state index contributed by atoms with van der Waals surface area (Å²) in [6, 6.07) is 15.4. The predicted molar refractivity (Wildman–Crippen MR) is 130 cm³/mol. The van der Waals surface area contributed by atoms with Crippen molar-refractivity contribution in [2.75, 3.05) is 10.1 Å². The summed E-state index contributed by atoms with van der Waals surface area (Å²) >= 11 is 6.01. The largest absolute Gasteiger partial charge is 0.278 e. The molecule has 2 N–H and O–H groups in total. The highest BCUT2D eigenvalue weighted by molar-refractivity contribution is 7.93. The first-order valence-corrected chi connectivity index (χ1v) is 11.3. The van der Waals surface area contributed by atoms with Crippen LogP contribution in [0.2, 0.25) is 5.02 Å². The monoisotopic (exact) mass is 501 g/mol. The molecule has 0 aliphatic carbocycles. The number of benzene rings is 3. The Labute approximate surface area is 198 Å². The van der Waals surface area contributed by atoms with Gasteiger partial charge in [-0.1, -0.05) is 35.9 Å². The summed E-state index contributed by atoms with van der Waals surface area (Å²) < 4.78 is 28.2. The van der Waals surface area contributed by atoms with Crippen LogP contribution in [0.1, 0.15) is 5.56 Å². The lowest BCUT2D eigenvalue weighted by atomic mass is 10.2. The molecular weight excluding hydrogens is 486 g/mol. The van der Waals surface area contributed by atoms with Crippen LogP contribution in [-0.4, -0.2) is 24.5 Å². The van der Waals surface area contributed by atoms with E-state index in [0.29, 0.717) is 5.56 Å². The van der Waals surface area contributed by atoms with E-state index in [4.69, 9.17) is 11.6 Å². The summed E-state index contributed by atoms with van der Waals surface area (Å²) in [6.07, 6.45) is 4.11. The molecule has 0 aromatic heterocycles. The second-order valence-electron chi connectivity index (χ2n) is 6.59. The van der Waals surface area contributed by atoms with E-state index in [0.717, 1.165) is 12.1 Å². The fourth-order valence-corrected chi connectivity index (χ4v) is 4.27. The minimum atomic E-state index is -4.29. The van der Waals surface area contributed by atoms with Gasteiger partial charge in [-0.05, 0) is 36.4 Å². The third-order valence-electron chi connectivity index (χ3n) is 4.34. The van der Waals surface area contributed by atoms with Gasteiger partial charge in [0.25, 0.3) is 21.4 Å². The molecule has 0 amide bonds. The van der Waals surface area contributed by atoms with Crippen LogP contribution in [0.4, 0.5) is 22.7 Å². The quantitative estimate of drug-likeness (QED) is 0.235. The zero-order valence-electron chi connectivity index (χ0n) is 17.2. The molecule has 11 nitrogen and oxygen atoms in total. The summed E-state index contributed by atoms with van der Waals surface area (Å²) in [5.74, 6) is 0. The molecule has 3 aromatic rings. The van der Waals surface area contributed by atoms with Crippen molar-refractivity contribution in [1.29, 1.82) is 0 Å². The summed E-state index contributed by atoms with van der Waals surface area (Å²) in [6.45, 7) is 0. The molecule has 0 radical (unpaired) electrons. The fraction of sp³-hybridized carbons (Fsp3) is 0. The molecule has 0 saturated heterocycles. The summed E-state index contributed by atoms with van der Waals surface area (Å²) in [7, 11) is -4.29. The first-order chi connectivity index (χ1) is 16.2. The molecule has 3 aromatic carbocycles. The minimum absolute atomic E-state index is 0.0412. The normalized spacial score (nSPS) is 11.6. The Morgan fingerprint density at radius 3 is 2.32 bits per heavy atom. The maximum Gasteiger partial charge on any atom is 0.276 e. The van der Waals surface area contributed by atoms with Gasteiger partial charge in [0.15, 0.2) is 0 Å². The number of hydrazone groups is 1. The van der Waals surface area contributed by atoms with Gasteiger partial charge in [-0.25, -0.2) is 8.42 Å². The second kappa shape index (κ2) is 10.6. The van der Waals surface area contributed by atoms with Crippen molar-refractivity contribution < 1.29 is 18.3 Å². The number of hydrogen-bond acceptors (Lipinski definition) is 8. The highest BCUT2D eigenvalue weighted by Gasteiger charge is 2.23. The third-order valence-corrected chi connectivity index (χ3v) is 6.07. The van der Waals surface area contributed by atoms with E-state index in [2.05, 4.69) is 15.2 Å². The van der Waals surface area contributed by atoms with Crippen molar-refractivity contribution >= 4 is 56.7 Å². The van der Waals surface area contributed by atoms with Gasteiger partial charge in [0.2, 0.25) is 0 Å². The number of nitro groups is 2. The van der Waals surface area contributed by atoms with Gasteiger partial charge in [0.05, 0.1) is 31.8 Å². The van der Waals surface area contributed by atoms with E-state index in [9.17, 15) is 28.6 Å². The smallest absolute Gasteiger partial charge is 0.276 e. The summed E-state index contributed by atoms with van der Waals surface area (Å²) in [5.41, 5.74) is 2.39.